The zero-order valence-corrected chi connectivity index (χ0v) is 16.1. The van der Waals surface area contributed by atoms with Crippen LogP contribution in [0.5, 0.6) is 5.75 Å². The van der Waals surface area contributed by atoms with Crippen molar-refractivity contribution in [3.05, 3.63) is 71.1 Å². The van der Waals surface area contributed by atoms with E-state index in [9.17, 15) is 18.0 Å². The highest BCUT2D eigenvalue weighted by Gasteiger charge is 2.14. The lowest BCUT2D eigenvalue weighted by atomic mass is 10.1. The number of hydrogen-bond acceptors (Lipinski definition) is 6. The van der Waals surface area contributed by atoms with Gasteiger partial charge in [0.2, 0.25) is 15.8 Å². The van der Waals surface area contributed by atoms with Crippen molar-refractivity contribution in [3.63, 3.8) is 0 Å². The van der Waals surface area contributed by atoms with Crippen LogP contribution in [-0.4, -0.2) is 40.4 Å². The molecule has 0 aliphatic rings. The predicted molar refractivity (Wildman–Crippen MR) is 105 cm³/mol. The third kappa shape index (κ3) is 6.98. The summed E-state index contributed by atoms with van der Waals surface area (Å²) in [5, 5.41) is 1.03. The summed E-state index contributed by atoms with van der Waals surface area (Å²) in [5.74, 6) is -0.698. The zero-order valence-electron chi connectivity index (χ0n) is 15.3. The van der Waals surface area contributed by atoms with Crippen LogP contribution in [0.15, 0.2) is 60.0 Å². The average Bonchev–Trinajstić information content (AvgIpc) is 2.71. The number of ketones is 1. The highest BCUT2D eigenvalue weighted by Crippen LogP contribution is 2.17. The van der Waals surface area contributed by atoms with E-state index >= 15 is 0 Å². The summed E-state index contributed by atoms with van der Waals surface area (Å²) < 4.78 is 36.0. The van der Waals surface area contributed by atoms with Crippen LogP contribution in [0.25, 0.3) is 6.08 Å². The number of rotatable bonds is 10. The Morgan fingerprint density at radius 1 is 1.04 bits per heavy atom. The Kier molecular flexibility index (Phi) is 7.91. The van der Waals surface area contributed by atoms with Gasteiger partial charge in [-0.05, 0) is 23.8 Å². The lowest BCUT2D eigenvalue weighted by Crippen LogP contribution is -2.25. The number of nitrogens with one attached hydrogen (secondary N) is 1. The van der Waals surface area contributed by atoms with Crippen LogP contribution in [-0.2, 0) is 19.6 Å². The molecule has 0 saturated heterocycles. The van der Waals surface area contributed by atoms with E-state index in [4.69, 9.17) is 9.47 Å². The Morgan fingerprint density at radius 2 is 1.71 bits per heavy atom. The second-order valence-corrected chi connectivity index (χ2v) is 7.34. The van der Waals surface area contributed by atoms with Gasteiger partial charge in [-0.3, -0.25) is 9.59 Å². The summed E-state index contributed by atoms with van der Waals surface area (Å²) in [5.41, 5.74) is 1.05. The third-order valence-corrected chi connectivity index (χ3v) is 4.74. The summed E-state index contributed by atoms with van der Waals surface area (Å²) in [4.78, 5) is 23.8. The van der Waals surface area contributed by atoms with Gasteiger partial charge in [0.25, 0.3) is 0 Å². The smallest absolute Gasteiger partial charge is 0.307 e. The third-order valence-electron chi connectivity index (χ3n) is 3.64. The van der Waals surface area contributed by atoms with Crippen LogP contribution in [0.2, 0.25) is 0 Å². The standard InChI is InChI=1S/C20H21NO6S/c1-26-19-10-6-5-9-17(19)18(22)15-27-20(23)11-13-21-28(24,25)14-12-16-7-3-2-4-8-16/h2-10,12,14,21H,11,13,15H2,1H3/b14-12+. The quantitative estimate of drug-likeness (QED) is 0.483. The number of benzene rings is 2. The van der Waals surface area contributed by atoms with Crippen molar-refractivity contribution < 1.29 is 27.5 Å². The number of sulfonamides is 1. The molecule has 0 amide bonds. The summed E-state index contributed by atoms with van der Waals surface area (Å²) in [6.07, 6.45) is 1.25. The first-order chi connectivity index (χ1) is 13.4. The molecule has 0 aromatic heterocycles. The highest BCUT2D eigenvalue weighted by atomic mass is 32.2. The molecule has 0 bridgehead atoms. The maximum absolute atomic E-state index is 12.1. The van der Waals surface area contributed by atoms with Gasteiger partial charge in [-0.15, -0.1) is 0 Å². The molecule has 0 saturated carbocycles. The highest BCUT2D eigenvalue weighted by molar-refractivity contribution is 7.92. The number of hydrogen-bond donors (Lipinski definition) is 1. The van der Waals surface area contributed by atoms with Crippen LogP contribution >= 0.6 is 0 Å². The fraction of sp³-hybridized carbons (Fsp3) is 0.200. The summed E-state index contributed by atoms with van der Waals surface area (Å²) >= 11 is 0. The molecule has 0 radical (unpaired) electrons. The number of esters is 1. The summed E-state index contributed by atoms with van der Waals surface area (Å²) in [7, 11) is -2.24. The monoisotopic (exact) mass is 403 g/mol. The molecule has 1 N–H and O–H groups in total. The average molecular weight is 403 g/mol. The molecule has 0 atom stereocenters. The molecule has 28 heavy (non-hydrogen) atoms. The van der Waals surface area contributed by atoms with E-state index in [-0.39, 0.29) is 13.0 Å². The van der Waals surface area contributed by atoms with Gasteiger partial charge in [0.05, 0.1) is 19.1 Å². The number of methoxy groups -OCH3 is 1. The van der Waals surface area contributed by atoms with Gasteiger partial charge in [0.1, 0.15) is 5.75 Å². The molecular weight excluding hydrogens is 382 g/mol. The molecule has 2 aromatic carbocycles. The van der Waals surface area contributed by atoms with Crippen LogP contribution in [0.4, 0.5) is 0 Å². The topological polar surface area (TPSA) is 98.8 Å². The predicted octanol–water partition coefficient (Wildman–Crippen LogP) is 2.40. The Balaban J connectivity index is 1.76. The first-order valence-corrected chi connectivity index (χ1v) is 10.0. The Bertz CT molecular complexity index is 938. The van der Waals surface area contributed by atoms with Gasteiger partial charge in [-0.25, -0.2) is 13.1 Å². The Hall–Kier alpha value is -2.97. The molecule has 0 unspecified atom stereocenters. The van der Waals surface area contributed by atoms with Crippen LogP contribution < -0.4 is 9.46 Å². The maximum Gasteiger partial charge on any atom is 0.307 e. The number of carbonyl (C=O) groups excluding carboxylic acids is 2. The molecule has 0 spiro atoms. The summed E-state index contributed by atoms with van der Waals surface area (Å²) in [6, 6.07) is 15.5. The normalized spacial score (nSPS) is 11.3. The largest absolute Gasteiger partial charge is 0.496 e. The van der Waals surface area contributed by atoms with Gasteiger partial charge in [0, 0.05) is 12.0 Å². The van der Waals surface area contributed by atoms with Gasteiger partial charge in [0.15, 0.2) is 6.61 Å². The summed E-state index contributed by atoms with van der Waals surface area (Å²) in [6.45, 7) is -0.580. The minimum atomic E-state index is -3.68. The Labute approximate surface area is 164 Å². The van der Waals surface area contributed by atoms with E-state index in [1.54, 1.807) is 48.5 Å². The molecule has 148 valence electrons. The second kappa shape index (κ2) is 10.4. The molecule has 2 rings (SSSR count). The minimum Gasteiger partial charge on any atom is -0.496 e. The zero-order chi connectivity index (χ0) is 20.4. The van der Waals surface area contributed by atoms with E-state index in [0.29, 0.717) is 11.3 Å². The maximum atomic E-state index is 12.1. The minimum absolute atomic E-state index is 0.136. The SMILES string of the molecule is COc1ccccc1C(=O)COC(=O)CCNS(=O)(=O)/C=C/c1ccccc1. The molecule has 0 heterocycles. The van der Waals surface area contributed by atoms with Crippen molar-refractivity contribution in [2.45, 2.75) is 6.42 Å². The van der Waals surface area contributed by atoms with Crippen molar-refractivity contribution in [2.24, 2.45) is 0 Å². The fourth-order valence-corrected chi connectivity index (χ4v) is 3.07. The first-order valence-electron chi connectivity index (χ1n) is 8.46. The molecule has 0 aliphatic carbocycles. The molecule has 8 heteroatoms. The van der Waals surface area contributed by atoms with E-state index in [1.165, 1.54) is 13.2 Å². The molecule has 2 aromatic rings. The van der Waals surface area contributed by atoms with E-state index in [1.807, 2.05) is 6.07 Å². The van der Waals surface area contributed by atoms with Crippen molar-refractivity contribution in [3.8, 4) is 5.75 Å². The van der Waals surface area contributed by atoms with Crippen LogP contribution in [0, 0.1) is 0 Å². The first kappa shape index (κ1) is 21.3. The van der Waals surface area contributed by atoms with Gasteiger partial charge >= 0.3 is 5.97 Å². The van der Waals surface area contributed by atoms with Gasteiger partial charge in [-0.1, -0.05) is 42.5 Å². The number of Topliss-reactive ketones (excluding diaryl/α,β-unsaturated/α-hetero) is 1. The van der Waals surface area contributed by atoms with Crippen molar-refractivity contribution in [2.75, 3.05) is 20.3 Å². The Morgan fingerprint density at radius 3 is 2.43 bits per heavy atom. The molecule has 0 aliphatic heterocycles. The van der Waals surface area contributed by atoms with Crippen LogP contribution in [0.1, 0.15) is 22.3 Å². The lowest BCUT2D eigenvalue weighted by Gasteiger charge is -2.08. The number of para-hydroxylation sites is 1. The lowest BCUT2D eigenvalue weighted by molar-refractivity contribution is -0.142. The molecule has 7 nitrogen and oxygen atoms in total. The fourth-order valence-electron chi connectivity index (χ4n) is 2.25. The van der Waals surface area contributed by atoms with Crippen molar-refractivity contribution >= 4 is 27.9 Å². The van der Waals surface area contributed by atoms with Crippen molar-refractivity contribution in [1.29, 1.82) is 0 Å². The molecular formula is C20H21NO6S. The van der Waals surface area contributed by atoms with Crippen LogP contribution in [0.3, 0.4) is 0 Å². The van der Waals surface area contributed by atoms with E-state index in [0.717, 1.165) is 11.0 Å². The van der Waals surface area contributed by atoms with Gasteiger partial charge in [-0.2, -0.15) is 0 Å². The number of carbonyl (C=O) groups is 2. The molecule has 0 fully saturated rings. The van der Waals surface area contributed by atoms with Gasteiger partial charge < -0.3 is 9.47 Å². The van der Waals surface area contributed by atoms with Crippen molar-refractivity contribution in [1.82, 2.24) is 4.72 Å². The second-order valence-electron chi connectivity index (χ2n) is 5.69. The van der Waals surface area contributed by atoms with E-state index < -0.39 is 28.4 Å². The number of ether oxygens (including phenoxy) is 2. The van der Waals surface area contributed by atoms with E-state index in [2.05, 4.69) is 4.72 Å².